The first-order valence-corrected chi connectivity index (χ1v) is 37.6. The van der Waals surface area contributed by atoms with E-state index in [4.69, 9.17) is 99.7 Å². The predicted octanol–water partition coefficient (Wildman–Crippen LogP) is 16.6. The highest BCUT2D eigenvalue weighted by Gasteiger charge is 2.28. The number of nitro benzene ring substituents is 2. The molecule has 0 saturated carbocycles. The maximum Gasteiger partial charge on any atom is 0.335 e. The molecule has 25 nitrogen and oxygen atoms in total. The van der Waals surface area contributed by atoms with Gasteiger partial charge in [0.25, 0.3) is 29.9 Å². The van der Waals surface area contributed by atoms with Crippen molar-refractivity contribution in [2.75, 3.05) is 50.7 Å². The van der Waals surface area contributed by atoms with Crippen molar-refractivity contribution in [2.45, 2.75) is 29.1 Å². The van der Waals surface area contributed by atoms with E-state index in [-0.39, 0.29) is 77.3 Å². The summed E-state index contributed by atoms with van der Waals surface area (Å²) >= 11 is 22.2. The number of benzene rings is 10. The number of carboxylic acids is 2. The summed E-state index contributed by atoms with van der Waals surface area (Å²) in [6, 6.07) is 50.9. The van der Waals surface area contributed by atoms with Crippen molar-refractivity contribution in [1.29, 1.82) is 0 Å². The van der Waals surface area contributed by atoms with Gasteiger partial charge in [0.15, 0.2) is 5.75 Å². The summed E-state index contributed by atoms with van der Waals surface area (Å²) in [6.45, 7) is 5.34. The summed E-state index contributed by atoms with van der Waals surface area (Å²) in [5.41, 5.74) is 15.1. The van der Waals surface area contributed by atoms with Crippen LogP contribution in [0.5, 0.6) is 23.0 Å². The van der Waals surface area contributed by atoms with Crippen molar-refractivity contribution in [2.24, 2.45) is 0 Å². The lowest BCUT2D eigenvalue weighted by Crippen LogP contribution is -2.42. The minimum absolute atomic E-state index is 0.0462. The third-order valence-electron chi connectivity index (χ3n) is 15.2. The Labute approximate surface area is 649 Å². The Balaban J connectivity index is 0.000000198. The van der Waals surface area contributed by atoms with E-state index in [1.165, 1.54) is 86.2 Å². The van der Waals surface area contributed by atoms with Gasteiger partial charge < -0.3 is 57.2 Å². The van der Waals surface area contributed by atoms with E-state index in [9.17, 15) is 79.6 Å². The van der Waals surface area contributed by atoms with Crippen LogP contribution in [0.4, 0.5) is 35.9 Å². The molecule has 36 heteroatoms. The van der Waals surface area contributed by atoms with Crippen molar-refractivity contribution in [3.05, 3.63) is 280 Å². The van der Waals surface area contributed by atoms with Crippen LogP contribution in [0.2, 0.25) is 20.1 Å². The quantitative estimate of drug-likeness (QED) is 0.0191. The molecule has 10 aromatic rings. The molecule has 11 N–H and O–H groups in total. The van der Waals surface area contributed by atoms with Gasteiger partial charge in [0.1, 0.15) is 33.0 Å². The lowest BCUT2D eigenvalue weighted by molar-refractivity contribution is -0.386. The van der Waals surface area contributed by atoms with Crippen LogP contribution in [0, 0.1) is 37.7 Å². The lowest BCUT2D eigenvalue weighted by Gasteiger charge is -2.31. The molecule has 0 spiro atoms. The van der Waals surface area contributed by atoms with Gasteiger partial charge in [-0.05, 0) is 145 Å². The van der Waals surface area contributed by atoms with E-state index in [2.05, 4.69) is 5.32 Å². The fourth-order valence-corrected chi connectivity index (χ4v) is 11.7. The molecular weight excluding hydrogens is 1600 g/mol. The second kappa shape index (κ2) is 40.3. The molecule has 0 unspecified atom stereocenters. The third kappa shape index (κ3) is 25.6. The number of nitrogens with one attached hydrogen (secondary N) is 1. The monoisotopic (exact) mass is 1660 g/mol. The zero-order valence-corrected chi connectivity index (χ0v) is 62.3. The Kier molecular flexibility index (Phi) is 32.2. The number of hydrogen-bond acceptors (Lipinski definition) is 19. The van der Waals surface area contributed by atoms with Crippen LogP contribution in [0.1, 0.15) is 60.7 Å². The number of anilines is 2. The van der Waals surface area contributed by atoms with Gasteiger partial charge in [-0.15, -0.1) is 0 Å². The predicted molar refractivity (Wildman–Crippen MR) is 409 cm³/mol. The molecule has 13 rings (SSSR count). The summed E-state index contributed by atoms with van der Waals surface area (Å²) in [4.78, 5) is 66.0. The smallest absolute Gasteiger partial charge is 0.335 e. The van der Waals surface area contributed by atoms with Gasteiger partial charge >= 0.3 is 23.3 Å². The van der Waals surface area contributed by atoms with Crippen molar-refractivity contribution in [1.82, 2.24) is 15.1 Å². The number of nitrogen functional groups attached to an aromatic ring is 2. The first-order valence-electron chi connectivity index (χ1n) is 31.4. The second-order valence-electron chi connectivity index (χ2n) is 22.7. The lowest BCUT2D eigenvalue weighted by atomic mass is 10.1. The molecule has 3 fully saturated rings. The minimum Gasteiger partial charge on any atom is -0.506 e. The molecule has 572 valence electrons. The largest absolute Gasteiger partial charge is 0.506 e. The van der Waals surface area contributed by atoms with Gasteiger partial charge in [-0.25, -0.2) is 39.6 Å². The van der Waals surface area contributed by atoms with Crippen molar-refractivity contribution in [3.63, 3.8) is 0 Å². The topological polar surface area (TPSA) is 415 Å². The van der Waals surface area contributed by atoms with Crippen LogP contribution >= 0.6 is 67.8 Å². The van der Waals surface area contributed by atoms with Gasteiger partial charge in [-0.3, -0.25) is 29.8 Å². The Morgan fingerprint density at radius 2 is 0.743 bits per heavy atom. The number of hydrogen-bond donors (Lipinski definition) is 9. The molecule has 3 saturated heterocycles. The number of phenolic OH excluding ortho intramolecular Hbond substituents is 4. The van der Waals surface area contributed by atoms with Crippen LogP contribution in [-0.2, 0) is 18.1 Å². The van der Waals surface area contributed by atoms with Gasteiger partial charge in [0, 0.05) is 70.8 Å². The Hall–Kier alpha value is -10.9. The maximum absolute atomic E-state index is 13.3. The number of nitrogens with two attached hydrogens (primary N) is 2. The number of phenols is 4. The van der Waals surface area contributed by atoms with Gasteiger partial charge in [0.05, 0.1) is 52.4 Å². The summed E-state index contributed by atoms with van der Waals surface area (Å²) < 4.78 is 84.2. The number of aromatic carboxylic acids is 2. The first kappa shape index (κ1) is 87.0. The molecule has 0 bridgehead atoms. The molecule has 3 aliphatic rings. The Morgan fingerprint density at radius 3 is 1.06 bits per heavy atom. The SMILES string of the molecule is C1CNC1.Nc1cc(-c2ccccc2)ccc1F.Nc1cc(C(=O)N2CCC2)cc(Cl)c1O.O=C(O)c1cc(Cl)c(O)c([N+](=O)[O-])c1.O=C(O)c1ccc(O)c(Cl)c1.O=C(c1cc(Cl)c(O)c([N+](=O)[O-])c1)N1CCC1.O=S(=O)(Cl)c1cc(-c2ccccc2)ccc1F.O=S(=O)(Cl)c1cc(-c2ccccc2)ccc1F. The van der Waals surface area contributed by atoms with E-state index < -0.39 is 84.2 Å². The number of carbonyl (C=O) groups is 4. The number of aromatic hydroxyl groups is 4. The molecule has 3 aliphatic heterocycles. The van der Waals surface area contributed by atoms with E-state index >= 15 is 0 Å². The number of halogens is 9. The van der Waals surface area contributed by atoms with Crippen molar-refractivity contribution in [3.8, 4) is 56.4 Å². The van der Waals surface area contributed by atoms with E-state index in [0.29, 0.717) is 29.8 Å². The van der Waals surface area contributed by atoms with Crippen LogP contribution < -0.4 is 16.8 Å². The van der Waals surface area contributed by atoms with Crippen LogP contribution in [0.25, 0.3) is 33.4 Å². The molecule has 0 radical (unpaired) electrons. The van der Waals surface area contributed by atoms with E-state index in [1.807, 2.05) is 66.7 Å². The molecule has 0 aromatic heterocycles. The second-order valence-corrected chi connectivity index (χ2v) is 29.4. The number of rotatable bonds is 11. The van der Waals surface area contributed by atoms with Gasteiger partial charge in [-0.1, -0.05) is 156 Å². The number of carboxylic acid groups (broad SMARTS) is 2. The molecule has 109 heavy (non-hydrogen) atoms. The molecule has 3 heterocycles. The zero-order valence-electron chi connectivity index (χ0n) is 56.2. The summed E-state index contributed by atoms with van der Waals surface area (Å²) in [6.07, 6.45) is 3.35. The molecular formula is C73H62Cl6F3N7O18S2. The summed E-state index contributed by atoms with van der Waals surface area (Å²) in [7, 11) is 2.18. The van der Waals surface area contributed by atoms with Crippen LogP contribution in [-0.4, -0.2) is 130 Å². The summed E-state index contributed by atoms with van der Waals surface area (Å²) in [5, 5.41) is 77.5. The highest BCUT2D eigenvalue weighted by molar-refractivity contribution is 8.14. The minimum atomic E-state index is -4.07. The fourth-order valence-electron chi connectivity index (χ4n) is 9.01. The van der Waals surface area contributed by atoms with Gasteiger partial charge in [0.2, 0.25) is 11.5 Å². The number of carbonyl (C=O) groups excluding carboxylic acids is 2. The zero-order chi connectivity index (χ0) is 80.6. The Bertz CT molecular complexity index is 5060. The van der Waals surface area contributed by atoms with Crippen LogP contribution in [0.3, 0.4) is 0 Å². The van der Waals surface area contributed by atoms with Crippen molar-refractivity contribution >= 4 is 132 Å². The number of nitrogens with zero attached hydrogens (tertiary/aromatic N) is 4. The van der Waals surface area contributed by atoms with E-state index in [0.717, 1.165) is 78.5 Å². The molecule has 0 atom stereocenters. The molecule has 10 aromatic carbocycles. The third-order valence-corrected chi connectivity index (χ3v) is 19.0. The van der Waals surface area contributed by atoms with E-state index in [1.54, 1.807) is 46.2 Å². The number of nitro groups is 2. The van der Waals surface area contributed by atoms with Gasteiger partial charge in [-0.2, -0.15) is 0 Å². The molecule has 2 amide bonds. The summed E-state index contributed by atoms with van der Waals surface area (Å²) in [5.74, 6) is -6.51. The number of likely N-dealkylation sites (tertiary alicyclic amines) is 2. The van der Waals surface area contributed by atoms with Crippen LogP contribution in [0.15, 0.2) is 210 Å². The Morgan fingerprint density at radius 1 is 0.413 bits per heavy atom. The fraction of sp³-hybridized carbons (Fsp3) is 0.123. The first-order chi connectivity index (χ1) is 51.4. The maximum atomic E-state index is 13.3. The number of amides is 2. The molecule has 0 aliphatic carbocycles. The standard InChI is InChI=1S/2C12H8ClFO2S.C12H10FN.C10H9ClN2O4.C10H11ClN2O2.C7H4ClNO5.C7H5ClO3.C3H7N/c2*13-17(15,16)12-8-10(6-7-11(12)14)9-4-2-1-3-5-9;13-11-7-6-10(8-12(11)14)9-4-2-1-3-5-9;11-7-4-6(10(15)12-2-1-3-12)5-8(9(7)14)13(16)17;11-7-4-6(5-8(12)9(7)14)10(15)13-2-1-3-13;8-4-1-3(7(11)12)2-5(6(4)10)9(13)14;8-5-3-4(7(10)11)1-2-6(5)9;1-2-4-3-1/h2*1-8H;1-8H,14H2;4-5,14H,1-3H2;4-5,14H,1-3,12H2;1-2,10H,(H,11,12);1-3,9H,(H,10,11);4H,1-3H2. The van der Waals surface area contributed by atoms with Crippen molar-refractivity contribution < 1.29 is 89.7 Å². The highest BCUT2D eigenvalue weighted by atomic mass is 35.7. The average molecular weight is 1660 g/mol. The average Bonchev–Trinajstić information content (AvgIpc) is 0.826. The highest BCUT2D eigenvalue weighted by Crippen LogP contribution is 2.38. The normalized spacial score (nSPS) is 12.2.